The fourth-order valence-electron chi connectivity index (χ4n) is 2.45. The van der Waals surface area contributed by atoms with E-state index in [0.717, 1.165) is 37.7 Å². The van der Waals surface area contributed by atoms with Crippen molar-refractivity contribution in [2.24, 2.45) is 0 Å². The van der Waals surface area contributed by atoms with Crippen molar-refractivity contribution in [3.8, 4) is 0 Å². The molecule has 2 aliphatic heterocycles. The smallest absolute Gasteiger partial charge is 0.225 e. The number of anilines is 1. The van der Waals surface area contributed by atoms with Gasteiger partial charge in [0.15, 0.2) is 0 Å². The summed E-state index contributed by atoms with van der Waals surface area (Å²) in [5, 5.41) is 3.39. The Morgan fingerprint density at radius 3 is 2.47 bits per heavy atom. The summed E-state index contributed by atoms with van der Waals surface area (Å²) in [7, 11) is 0. The van der Waals surface area contributed by atoms with Crippen LogP contribution in [-0.4, -0.2) is 60.2 Å². The molecule has 2 aliphatic rings. The van der Waals surface area contributed by atoms with Gasteiger partial charge in [-0.1, -0.05) is 0 Å². The summed E-state index contributed by atoms with van der Waals surface area (Å²) in [6, 6.07) is 0.696. The number of aryl methyl sites for hydroxylation is 1. The van der Waals surface area contributed by atoms with Crippen LogP contribution >= 0.6 is 0 Å². The number of nitrogens with zero attached hydrogens (tertiary/aromatic N) is 4. The number of piperazine rings is 1. The third-order valence-electron chi connectivity index (χ3n) is 3.58. The SMILES string of the molecule is Cc1cnc(N2CC(N3CCNCC3)C2)nc1. The molecule has 3 heterocycles. The van der Waals surface area contributed by atoms with Crippen molar-refractivity contribution in [3.63, 3.8) is 0 Å². The average molecular weight is 233 g/mol. The monoisotopic (exact) mass is 233 g/mol. The molecule has 2 fully saturated rings. The van der Waals surface area contributed by atoms with Gasteiger partial charge in [-0.2, -0.15) is 0 Å². The highest BCUT2D eigenvalue weighted by molar-refractivity contribution is 5.35. The van der Waals surface area contributed by atoms with Crippen molar-refractivity contribution in [1.29, 1.82) is 0 Å². The van der Waals surface area contributed by atoms with Gasteiger partial charge in [-0.25, -0.2) is 9.97 Å². The van der Waals surface area contributed by atoms with Crippen molar-refractivity contribution in [2.45, 2.75) is 13.0 Å². The lowest BCUT2D eigenvalue weighted by Gasteiger charge is -2.46. The first kappa shape index (κ1) is 10.9. The molecular formula is C12H19N5. The Labute approximate surface area is 102 Å². The van der Waals surface area contributed by atoms with E-state index in [1.807, 2.05) is 19.3 Å². The fraction of sp³-hybridized carbons (Fsp3) is 0.667. The van der Waals surface area contributed by atoms with Gasteiger partial charge in [-0.05, 0) is 12.5 Å². The number of aromatic nitrogens is 2. The van der Waals surface area contributed by atoms with E-state index in [1.165, 1.54) is 13.1 Å². The summed E-state index contributed by atoms with van der Waals surface area (Å²) in [5.41, 5.74) is 1.12. The minimum Gasteiger partial charge on any atom is -0.338 e. The molecule has 1 aromatic heterocycles. The van der Waals surface area contributed by atoms with Gasteiger partial charge in [0.2, 0.25) is 5.95 Å². The quantitative estimate of drug-likeness (QED) is 0.771. The van der Waals surface area contributed by atoms with E-state index in [0.29, 0.717) is 6.04 Å². The Bertz CT molecular complexity index is 365. The maximum atomic E-state index is 4.36. The Hall–Kier alpha value is -1.20. The zero-order valence-corrected chi connectivity index (χ0v) is 10.3. The van der Waals surface area contributed by atoms with Gasteiger partial charge in [-0.15, -0.1) is 0 Å². The lowest BCUT2D eigenvalue weighted by molar-refractivity contribution is 0.146. The van der Waals surface area contributed by atoms with E-state index >= 15 is 0 Å². The topological polar surface area (TPSA) is 44.3 Å². The van der Waals surface area contributed by atoms with Gasteiger partial charge in [-0.3, -0.25) is 4.90 Å². The van der Waals surface area contributed by atoms with Crippen LogP contribution in [0.25, 0.3) is 0 Å². The summed E-state index contributed by atoms with van der Waals surface area (Å²) in [6.45, 7) is 8.76. The molecular weight excluding hydrogens is 214 g/mol. The highest BCUT2D eigenvalue weighted by Gasteiger charge is 2.33. The largest absolute Gasteiger partial charge is 0.338 e. The number of hydrogen-bond donors (Lipinski definition) is 1. The minimum absolute atomic E-state index is 0.696. The third-order valence-corrected chi connectivity index (χ3v) is 3.58. The molecule has 5 nitrogen and oxygen atoms in total. The minimum atomic E-state index is 0.696. The molecule has 0 bridgehead atoms. The van der Waals surface area contributed by atoms with Crippen LogP contribution < -0.4 is 10.2 Å². The zero-order valence-electron chi connectivity index (χ0n) is 10.3. The Morgan fingerprint density at radius 2 is 1.82 bits per heavy atom. The number of nitrogens with one attached hydrogen (secondary N) is 1. The Kier molecular flexibility index (Phi) is 2.94. The van der Waals surface area contributed by atoms with E-state index in [-0.39, 0.29) is 0 Å². The standard InChI is InChI=1S/C12H19N5/c1-10-6-14-12(15-7-10)17-8-11(9-17)16-4-2-13-3-5-16/h6-7,11,13H,2-5,8-9H2,1H3. The van der Waals surface area contributed by atoms with E-state index in [2.05, 4.69) is 25.1 Å². The van der Waals surface area contributed by atoms with Crippen LogP contribution in [-0.2, 0) is 0 Å². The lowest BCUT2D eigenvalue weighted by Crippen LogP contribution is -2.63. The Morgan fingerprint density at radius 1 is 1.18 bits per heavy atom. The molecule has 0 saturated carbocycles. The highest BCUT2D eigenvalue weighted by atomic mass is 15.4. The van der Waals surface area contributed by atoms with E-state index in [1.54, 1.807) is 0 Å². The molecule has 2 saturated heterocycles. The van der Waals surface area contributed by atoms with E-state index in [9.17, 15) is 0 Å². The van der Waals surface area contributed by atoms with Gasteiger partial charge in [0, 0.05) is 57.7 Å². The maximum absolute atomic E-state index is 4.36. The van der Waals surface area contributed by atoms with E-state index < -0.39 is 0 Å². The second-order valence-electron chi connectivity index (χ2n) is 4.91. The van der Waals surface area contributed by atoms with Crippen molar-refractivity contribution in [3.05, 3.63) is 18.0 Å². The van der Waals surface area contributed by atoms with Crippen molar-refractivity contribution in [2.75, 3.05) is 44.2 Å². The first-order chi connectivity index (χ1) is 8.33. The summed E-state index contributed by atoms with van der Waals surface area (Å²) < 4.78 is 0. The molecule has 1 N–H and O–H groups in total. The van der Waals surface area contributed by atoms with Crippen LogP contribution in [0.3, 0.4) is 0 Å². The predicted octanol–water partition coefficient (Wildman–Crippen LogP) is -0.121. The van der Waals surface area contributed by atoms with Crippen molar-refractivity contribution in [1.82, 2.24) is 20.2 Å². The fourth-order valence-corrected chi connectivity index (χ4v) is 2.45. The highest BCUT2D eigenvalue weighted by Crippen LogP contribution is 2.20. The second-order valence-corrected chi connectivity index (χ2v) is 4.91. The Balaban J connectivity index is 1.55. The normalized spacial score (nSPS) is 22.5. The van der Waals surface area contributed by atoms with Gasteiger partial charge < -0.3 is 10.2 Å². The van der Waals surface area contributed by atoms with Crippen LogP contribution in [0.4, 0.5) is 5.95 Å². The van der Waals surface area contributed by atoms with Gasteiger partial charge in [0.05, 0.1) is 0 Å². The first-order valence-corrected chi connectivity index (χ1v) is 6.31. The first-order valence-electron chi connectivity index (χ1n) is 6.31. The molecule has 0 atom stereocenters. The molecule has 0 aromatic carbocycles. The molecule has 0 amide bonds. The summed E-state index contributed by atoms with van der Waals surface area (Å²) in [5.74, 6) is 0.877. The summed E-state index contributed by atoms with van der Waals surface area (Å²) in [6.07, 6.45) is 3.78. The van der Waals surface area contributed by atoms with Gasteiger partial charge in [0.1, 0.15) is 0 Å². The van der Waals surface area contributed by atoms with E-state index in [4.69, 9.17) is 0 Å². The zero-order chi connectivity index (χ0) is 11.7. The van der Waals surface area contributed by atoms with Gasteiger partial charge >= 0.3 is 0 Å². The van der Waals surface area contributed by atoms with Crippen molar-refractivity contribution >= 4 is 5.95 Å². The summed E-state index contributed by atoms with van der Waals surface area (Å²) in [4.78, 5) is 13.6. The molecule has 0 spiro atoms. The van der Waals surface area contributed by atoms with Crippen LogP contribution in [0.5, 0.6) is 0 Å². The molecule has 1 aromatic rings. The molecule has 92 valence electrons. The van der Waals surface area contributed by atoms with Crippen LogP contribution in [0, 0.1) is 6.92 Å². The molecule has 3 rings (SSSR count). The van der Waals surface area contributed by atoms with Crippen LogP contribution in [0.15, 0.2) is 12.4 Å². The molecule has 0 aliphatic carbocycles. The third kappa shape index (κ3) is 2.25. The lowest BCUT2D eigenvalue weighted by atomic mass is 10.1. The maximum Gasteiger partial charge on any atom is 0.225 e. The van der Waals surface area contributed by atoms with Crippen LogP contribution in [0.2, 0.25) is 0 Å². The molecule has 5 heteroatoms. The summed E-state index contributed by atoms with van der Waals surface area (Å²) >= 11 is 0. The number of hydrogen-bond acceptors (Lipinski definition) is 5. The van der Waals surface area contributed by atoms with Gasteiger partial charge in [0.25, 0.3) is 0 Å². The predicted molar refractivity (Wildman–Crippen MR) is 67.2 cm³/mol. The average Bonchev–Trinajstić information content (AvgIpc) is 2.31. The second kappa shape index (κ2) is 4.58. The number of rotatable bonds is 2. The molecule has 17 heavy (non-hydrogen) atoms. The molecule has 0 radical (unpaired) electrons. The van der Waals surface area contributed by atoms with Crippen molar-refractivity contribution < 1.29 is 0 Å². The van der Waals surface area contributed by atoms with Crippen LogP contribution in [0.1, 0.15) is 5.56 Å². The molecule has 0 unspecified atom stereocenters.